The molecule has 2 aromatic rings. The van der Waals surface area contributed by atoms with Crippen molar-refractivity contribution in [1.29, 1.82) is 0 Å². The van der Waals surface area contributed by atoms with E-state index in [0.717, 1.165) is 5.69 Å². The molecule has 0 aliphatic rings. The molecule has 0 bridgehead atoms. The van der Waals surface area contributed by atoms with Gasteiger partial charge >= 0.3 is 5.97 Å². The third kappa shape index (κ3) is 3.82. The number of phenols is 1. The number of anilines is 1. The molecule has 108 valence electrons. The van der Waals surface area contributed by atoms with E-state index in [-0.39, 0.29) is 23.8 Å². The number of carbonyl (C=O) groups is 2. The molecule has 0 saturated carbocycles. The summed E-state index contributed by atoms with van der Waals surface area (Å²) in [5, 5.41) is 9.14. The van der Waals surface area contributed by atoms with Gasteiger partial charge in [0.25, 0.3) is 5.91 Å². The lowest BCUT2D eigenvalue weighted by Crippen LogP contribution is -2.31. The molecule has 0 atom stereocenters. The van der Waals surface area contributed by atoms with Crippen LogP contribution < -0.4 is 4.90 Å². The average molecular weight is 285 g/mol. The maximum absolute atomic E-state index is 11.9. The minimum absolute atomic E-state index is 0.0615. The zero-order valence-electron chi connectivity index (χ0n) is 11.5. The SMILES string of the molecule is CN(C(=O)COC(=O)c1ccc(O)cc1)c1ccccc1. The fraction of sp³-hybridized carbons (Fsp3) is 0.125. The van der Waals surface area contributed by atoms with Crippen molar-refractivity contribution in [2.75, 3.05) is 18.6 Å². The van der Waals surface area contributed by atoms with Crippen LogP contribution >= 0.6 is 0 Å². The standard InChI is InChI=1S/C16H15NO4/c1-17(13-5-3-2-4-6-13)15(19)11-21-16(20)12-7-9-14(18)10-8-12/h2-10,18H,11H2,1H3. The highest BCUT2D eigenvalue weighted by molar-refractivity contribution is 5.96. The van der Waals surface area contributed by atoms with Gasteiger partial charge in [0, 0.05) is 12.7 Å². The molecular formula is C16H15NO4. The molecule has 0 aromatic heterocycles. The first-order valence-electron chi connectivity index (χ1n) is 6.35. The summed E-state index contributed by atoms with van der Waals surface area (Å²) < 4.78 is 4.96. The van der Waals surface area contributed by atoms with Crippen LogP contribution in [0.25, 0.3) is 0 Å². The van der Waals surface area contributed by atoms with Crippen molar-refractivity contribution in [3.8, 4) is 5.75 Å². The van der Waals surface area contributed by atoms with E-state index in [1.807, 2.05) is 18.2 Å². The summed E-state index contributed by atoms with van der Waals surface area (Å²) in [6.45, 7) is -0.342. The fourth-order valence-corrected chi connectivity index (χ4v) is 1.70. The van der Waals surface area contributed by atoms with E-state index in [1.165, 1.54) is 29.2 Å². The average Bonchev–Trinajstić information content (AvgIpc) is 2.53. The van der Waals surface area contributed by atoms with E-state index < -0.39 is 5.97 Å². The van der Waals surface area contributed by atoms with Crippen LogP contribution in [0.4, 0.5) is 5.69 Å². The number of hydrogen-bond acceptors (Lipinski definition) is 4. The summed E-state index contributed by atoms with van der Waals surface area (Å²) in [5.74, 6) is -0.871. The normalized spacial score (nSPS) is 9.95. The minimum atomic E-state index is -0.607. The predicted octanol–water partition coefficient (Wildman–Crippen LogP) is 2.21. The van der Waals surface area contributed by atoms with E-state index >= 15 is 0 Å². The molecule has 1 N–H and O–H groups in total. The zero-order chi connectivity index (χ0) is 15.2. The smallest absolute Gasteiger partial charge is 0.338 e. The molecule has 0 spiro atoms. The lowest BCUT2D eigenvalue weighted by Gasteiger charge is -2.17. The number of amides is 1. The molecule has 0 heterocycles. The number of esters is 1. The molecule has 5 heteroatoms. The molecule has 0 radical (unpaired) electrons. The second kappa shape index (κ2) is 6.56. The third-order valence-corrected chi connectivity index (χ3v) is 2.95. The number of likely N-dealkylation sites (N-methyl/N-ethyl adjacent to an activating group) is 1. The molecule has 0 saturated heterocycles. The maximum Gasteiger partial charge on any atom is 0.338 e. The number of nitrogens with zero attached hydrogens (tertiary/aromatic N) is 1. The van der Waals surface area contributed by atoms with E-state index in [9.17, 15) is 9.59 Å². The van der Waals surface area contributed by atoms with Gasteiger partial charge in [0.1, 0.15) is 5.75 Å². The van der Waals surface area contributed by atoms with Crippen LogP contribution in [0.2, 0.25) is 0 Å². The second-order valence-electron chi connectivity index (χ2n) is 4.41. The Bertz CT molecular complexity index is 622. The fourth-order valence-electron chi connectivity index (χ4n) is 1.70. The van der Waals surface area contributed by atoms with Crippen molar-refractivity contribution in [3.63, 3.8) is 0 Å². The first kappa shape index (κ1) is 14.6. The minimum Gasteiger partial charge on any atom is -0.508 e. The molecule has 5 nitrogen and oxygen atoms in total. The molecule has 2 aromatic carbocycles. The summed E-state index contributed by atoms with van der Waals surface area (Å²) in [5.41, 5.74) is 1.01. The highest BCUT2D eigenvalue weighted by Gasteiger charge is 2.14. The van der Waals surface area contributed by atoms with Crippen LogP contribution in [0, 0.1) is 0 Å². The van der Waals surface area contributed by atoms with Crippen LogP contribution in [-0.4, -0.2) is 30.6 Å². The Labute approximate surface area is 122 Å². The predicted molar refractivity (Wildman–Crippen MR) is 78.2 cm³/mol. The van der Waals surface area contributed by atoms with Gasteiger partial charge < -0.3 is 14.7 Å². The van der Waals surface area contributed by atoms with Gasteiger partial charge in [-0.2, -0.15) is 0 Å². The number of ether oxygens (including phenoxy) is 1. The molecular weight excluding hydrogens is 270 g/mol. The summed E-state index contributed by atoms with van der Waals surface area (Å²) in [6, 6.07) is 14.7. The quantitative estimate of drug-likeness (QED) is 0.875. The molecule has 0 aliphatic carbocycles. The van der Waals surface area contributed by atoms with Crippen LogP contribution in [0.15, 0.2) is 54.6 Å². The van der Waals surface area contributed by atoms with Gasteiger partial charge in [-0.05, 0) is 36.4 Å². The van der Waals surface area contributed by atoms with Crippen LogP contribution in [0.5, 0.6) is 5.75 Å². The first-order chi connectivity index (χ1) is 10.1. The van der Waals surface area contributed by atoms with Gasteiger partial charge in [-0.1, -0.05) is 18.2 Å². The molecule has 0 aliphatic heterocycles. The number of phenolic OH excluding ortho intramolecular Hbond substituents is 1. The van der Waals surface area contributed by atoms with Gasteiger partial charge in [-0.15, -0.1) is 0 Å². The Balaban J connectivity index is 1.92. The topological polar surface area (TPSA) is 66.8 Å². The van der Waals surface area contributed by atoms with Crippen LogP contribution in [-0.2, 0) is 9.53 Å². The number of benzene rings is 2. The van der Waals surface area contributed by atoms with E-state index in [4.69, 9.17) is 9.84 Å². The lowest BCUT2D eigenvalue weighted by molar-refractivity contribution is -0.121. The Morgan fingerprint density at radius 1 is 1.05 bits per heavy atom. The first-order valence-corrected chi connectivity index (χ1v) is 6.35. The highest BCUT2D eigenvalue weighted by Crippen LogP contribution is 2.12. The Morgan fingerprint density at radius 3 is 2.29 bits per heavy atom. The van der Waals surface area contributed by atoms with Gasteiger partial charge in [0.2, 0.25) is 0 Å². The van der Waals surface area contributed by atoms with Crippen molar-refractivity contribution in [2.45, 2.75) is 0 Å². The van der Waals surface area contributed by atoms with Crippen LogP contribution in [0.3, 0.4) is 0 Å². The molecule has 0 fully saturated rings. The number of hydrogen-bond donors (Lipinski definition) is 1. The van der Waals surface area contributed by atoms with Crippen LogP contribution in [0.1, 0.15) is 10.4 Å². The van der Waals surface area contributed by atoms with Gasteiger partial charge in [-0.3, -0.25) is 4.79 Å². The van der Waals surface area contributed by atoms with E-state index in [0.29, 0.717) is 0 Å². The Morgan fingerprint density at radius 2 is 1.67 bits per heavy atom. The van der Waals surface area contributed by atoms with Crippen molar-refractivity contribution < 1.29 is 19.4 Å². The van der Waals surface area contributed by atoms with Gasteiger partial charge in [0.15, 0.2) is 6.61 Å². The van der Waals surface area contributed by atoms with Gasteiger partial charge in [0.05, 0.1) is 5.56 Å². The maximum atomic E-state index is 11.9. The summed E-state index contributed by atoms with van der Waals surface area (Å²) in [4.78, 5) is 25.1. The molecule has 1 amide bonds. The monoisotopic (exact) mass is 285 g/mol. The van der Waals surface area contributed by atoms with Crippen molar-refractivity contribution in [2.24, 2.45) is 0 Å². The Hall–Kier alpha value is -2.82. The highest BCUT2D eigenvalue weighted by atomic mass is 16.5. The molecule has 0 unspecified atom stereocenters. The summed E-state index contributed by atoms with van der Waals surface area (Å²) >= 11 is 0. The van der Waals surface area contributed by atoms with E-state index in [1.54, 1.807) is 19.2 Å². The number of aromatic hydroxyl groups is 1. The largest absolute Gasteiger partial charge is 0.508 e. The van der Waals surface area contributed by atoms with Crippen molar-refractivity contribution >= 4 is 17.6 Å². The van der Waals surface area contributed by atoms with Crippen molar-refractivity contribution in [3.05, 3.63) is 60.2 Å². The third-order valence-electron chi connectivity index (χ3n) is 2.95. The summed E-state index contributed by atoms with van der Waals surface area (Å²) in [6.07, 6.45) is 0. The second-order valence-corrected chi connectivity index (χ2v) is 4.41. The lowest BCUT2D eigenvalue weighted by atomic mass is 10.2. The number of rotatable bonds is 4. The number of carbonyl (C=O) groups excluding carboxylic acids is 2. The van der Waals surface area contributed by atoms with Crippen molar-refractivity contribution in [1.82, 2.24) is 0 Å². The molecule has 21 heavy (non-hydrogen) atoms. The molecule has 2 rings (SSSR count). The van der Waals surface area contributed by atoms with Gasteiger partial charge in [-0.25, -0.2) is 4.79 Å². The van der Waals surface area contributed by atoms with E-state index in [2.05, 4.69) is 0 Å². The zero-order valence-corrected chi connectivity index (χ0v) is 11.5. The Kier molecular flexibility index (Phi) is 4.56. The number of para-hydroxylation sites is 1. The summed E-state index contributed by atoms with van der Waals surface area (Å²) in [7, 11) is 1.62.